The van der Waals surface area contributed by atoms with Crippen LogP contribution in [0.3, 0.4) is 0 Å². The van der Waals surface area contributed by atoms with Gasteiger partial charge in [0.2, 0.25) is 0 Å². The van der Waals surface area contributed by atoms with Crippen molar-refractivity contribution in [1.29, 1.82) is 0 Å². The summed E-state index contributed by atoms with van der Waals surface area (Å²) in [6.45, 7) is 14.3. The van der Waals surface area contributed by atoms with Gasteiger partial charge in [-0.05, 0) is 66.9 Å². The van der Waals surface area contributed by atoms with Crippen molar-refractivity contribution in [3.8, 4) is 5.75 Å². The zero-order valence-electron chi connectivity index (χ0n) is 15.5. The second-order valence-corrected chi connectivity index (χ2v) is 8.87. The van der Waals surface area contributed by atoms with E-state index in [9.17, 15) is 0 Å². The molecule has 2 aliphatic rings. The first kappa shape index (κ1) is 16.8. The van der Waals surface area contributed by atoms with E-state index in [2.05, 4.69) is 64.8 Å². The van der Waals surface area contributed by atoms with Gasteiger partial charge in [-0.15, -0.1) is 0 Å². The number of nitrogens with zero attached hydrogens (tertiary/aromatic N) is 1. The fraction of sp³-hybridized carbons (Fsp3) is 0.700. The lowest BCUT2D eigenvalue weighted by molar-refractivity contribution is -0.333. The van der Waals surface area contributed by atoms with Gasteiger partial charge >= 0.3 is 0 Å². The maximum Gasteiger partial charge on any atom is 0.123 e. The van der Waals surface area contributed by atoms with Crippen LogP contribution in [0.15, 0.2) is 24.3 Å². The van der Waals surface area contributed by atoms with Crippen LogP contribution in [0, 0.1) is 0 Å². The Labute approximate surface area is 140 Å². The van der Waals surface area contributed by atoms with E-state index in [0.717, 1.165) is 5.75 Å². The Bertz CT molecular complexity index is 561. The Hall–Kier alpha value is -1.06. The quantitative estimate of drug-likeness (QED) is 0.790. The van der Waals surface area contributed by atoms with E-state index >= 15 is 0 Å². The van der Waals surface area contributed by atoms with Crippen LogP contribution in [0.1, 0.15) is 72.3 Å². The molecular weight excluding hydrogens is 286 g/mol. The maximum absolute atomic E-state index is 6.70. The highest BCUT2D eigenvalue weighted by atomic mass is 16.7. The summed E-state index contributed by atoms with van der Waals surface area (Å²) in [5.41, 5.74) is 1.07. The molecule has 3 heteroatoms. The van der Waals surface area contributed by atoms with Crippen LogP contribution in [0.4, 0.5) is 0 Å². The van der Waals surface area contributed by atoms with E-state index in [4.69, 9.17) is 9.57 Å². The number of ether oxygens (including phenoxy) is 1. The summed E-state index contributed by atoms with van der Waals surface area (Å²) in [4.78, 5) is 6.70. The first-order valence-corrected chi connectivity index (χ1v) is 8.85. The number of fused-ring (bicyclic) bond motifs is 1. The van der Waals surface area contributed by atoms with Gasteiger partial charge in [-0.3, -0.25) is 4.84 Å². The zero-order chi connectivity index (χ0) is 16.9. The van der Waals surface area contributed by atoms with Crippen molar-refractivity contribution in [3.05, 3.63) is 29.8 Å². The minimum Gasteiger partial charge on any atom is -0.493 e. The standard InChI is InChI=1S/C20H31NO2/c1-18(2)12-9-13-19(3,4)21(18)23-20(5,6)16-14-22-17-11-8-7-10-15(16)17/h7-8,10-11,16H,9,12-14H2,1-6H3. The van der Waals surface area contributed by atoms with E-state index in [-0.39, 0.29) is 22.6 Å². The average Bonchev–Trinajstić information content (AvgIpc) is 2.87. The molecule has 0 N–H and O–H groups in total. The molecule has 0 amide bonds. The predicted molar refractivity (Wildman–Crippen MR) is 93.7 cm³/mol. The van der Waals surface area contributed by atoms with Crippen LogP contribution in [0.2, 0.25) is 0 Å². The number of rotatable bonds is 3. The molecule has 3 nitrogen and oxygen atoms in total. The van der Waals surface area contributed by atoms with E-state index in [1.807, 2.05) is 6.07 Å². The lowest BCUT2D eigenvalue weighted by Gasteiger charge is -2.54. The van der Waals surface area contributed by atoms with Crippen molar-refractivity contribution in [3.63, 3.8) is 0 Å². The number of para-hydroxylation sites is 1. The monoisotopic (exact) mass is 317 g/mol. The van der Waals surface area contributed by atoms with Gasteiger partial charge in [0.15, 0.2) is 0 Å². The first-order valence-electron chi connectivity index (χ1n) is 8.85. The molecule has 0 radical (unpaired) electrons. The Morgan fingerprint density at radius 1 is 1.09 bits per heavy atom. The third kappa shape index (κ3) is 3.01. The Morgan fingerprint density at radius 2 is 1.70 bits per heavy atom. The minimum atomic E-state index is -0.307. The molecule has 3 rings (SSSR count). The lowest BCUT2D eigenvalue weighted by atomic mass is 9.81. The number of piperidine rings is 1. The Balaban J connectivity index is 1.86. The van der Waals surface area contributed by atoms with Crippen molar-refractivity contribution in [1.82, 2.24) is 5.06 Å². The molecule has 0 saturated carbocycles. The first-order chi connectivity index (χ1) is 10.6. The molecule has 2 aliphatic heterocycles. The normalized spacial score (nSPS) is 26.6. The largest absolute Gasteiger partial charge is 0.493 e. The molecule has 23 heavy (non-hydrogen) atoms. The molecule has 1 aromatic carbocycles. The van der Waals surface area contributed by atoms with Gasteiger partial charge in [-0.1, -0.05) is 18.2 Å². The second-order valence-electron chi connectivity index (χ2n) is 8.87. The molecule has 128 valence electrons. The number of hydrogen-bond acceptors (Lipinski definition) is 3. The summed E-state index contributed by atoms with van der Waals surface area (Å²) in [5, 5.41) is 2.27. The third-order valence-corrected chi connectivity index (χ3v) is 5.54. The van der Waals surface area contributed by atoms with Crippen molar-refractivity contribution in [2.75, 3.05) is 6.61 Å². The summed E-state index contributed by atoms with van der Waals surface area (Å²) in [7, 11) is 0. The molecule has 0 bridgehead atoms. The molecular formula is C20H31NO2. The summed E-state index contributed by atoms with van der Waals surface area (Å²) in [5.74, 6) is 1.26. The van der Waals surface area contributed by atoms with Crippen molar-refractivity contribution in [2.24, 2.45) is 0 Å². The van der Waals surface area contributed by atoms with Gasteiger partial charge in [0.1, 0.15) is 5.75 Å². The number of hydroxylamine groups is 2. The van der Waals surface area contributed by atoms with Gasteiger partial charge < -0.3 is 4.74 Å². The molecule has 1 fully saturated rings. The van der Waals surface area contributed by atoms with E-state index in [0.29, 0.717) is 6.61 Å². The average molecular weight is 317 g/mol. The van der Waals surface area contributed by atoms with Crippen LogP contribution in [0.25, 0.3) is 0 Å². The van der Waals surface area contributed by atoms with E-state index in [1.54, 1.807) is 0 Å². The number of hydrogen-bond donors (Lipinski definition) is 0. The highest BCUT2D eigenvalue weighted by Gasteiger charge is 2.48. The molecule has 1 aromatic rings. The lowest BCUT2D eigenvalue weighted by Crippen LogP contribution is -2.61. The molecule has 1 atom stereocenters. The van der Waals surface area contributed by atoms with Gasteiger partial charge in [0, 0.05) is 16.6 Å². The Kier molecular flexibility index (Phi) is 4.01. The summed E-state index contributed by atoms with van der Waals surface area (Å²) >= 11 is 0. The fourth-order valence-corrected chi connectivity index (χ4v) is 4.26. The fourth-order valence-electron chi connectivity index (χ4n) is 4.26. The zero-order valence-corrected chi connectivity index (χ0v) is 15.5. The van der Waals surface area contributed by atoms with E-state index < -0.39 is 0 Å². The highest BCUT2D eigenvalue weighted by Crippen LogP contribution is 2.46. The Morgan fingerprint density at radius 3 is 2.35 bits per heavy atom. The maximum atomic E-state index is 6.70. The van der Waals surface area contributed by atoms with Crippen molar-refractivity contribution >= 4 is 0 Å². The van der Waals surface area contributed by atoms with Gasteiger partial charge in [-0.25, -0.2) is 0 Å². The predicted octanol–water partition coefficient (Wildman–Crippen LogP) is 4.92. The molecule has 0 aliphatic carbocycles. The van der Waals surface area contributed by atoms with Crippen molar-refractivity contribution in [2.45, 2.75) is 83.4 Å². The van der Waals surface area contributed by atoms with Crippen molar-refractivity contribution < 1.29 is 9.57 Å². The topological polar surface area (TPSA) is 21.7 Å². The highest BCUT2D eigenvalue weighted by molar-refractivity contribution is 5.41. The van der Waals surface area contributed by atoms with Crippen LogP contribution >= 0.6 is 0 Å². The van der Waals surface area contributed by atoms with Crippen LogP contribution in [-0.2, 0) is 4.84 Å². The smallest absolute Gasteiger partial charge is 0.123 e. The summed E-state index contributed by atoms with van der Waals surface area (Å²) in [6, 6.07) is 8.35. The van der Waals surface area contributed by atoms with E-state index in [1.165, 1.54) is 24.8 Å². The summed E-state index contributed by atoms with van der Waals surface area (Å²) in [6.07, 6.45) is 3.60. The van der Waals surface area contributed by atoms with Gasteiger partial charge in [-0.2, -0.15) is 5.06 Å². The van der Waals surface area contributed by atoms with Crippen LogP contribution in [0.5, 0.6) is 5.75 Å². The van der Waals surface area contributed by atoms with Crippen LogP contribution < -0.4 is 4.74 Å². The van der Waals surface area contributed by atoms with Gasteiger partial charge in [0.05, 0.1) is 18.1 Å². The number of benzene rings is 1. The molecule has 0 aromatic heterocycles. The molecule has 1 unspecified atom stereocenters. The second kappa shape index (κ2) is 5.49. The SMILES string of the molecule is CC(C)(ON1C(C)(C)CCCC1(C)C)C1COc2ccccc21. The molecule has 0 spiro atoms. The third-order valence-electron chi connectivity index (χ3n) is 5.54. The minimum absolute atomic E-state index is 0.0536. The van der Waals surface area contributed by atoms with Gasteiger partial charge in [0.25, 0.3) is 0 Å². The summed E-state index contributed by atoms with van der Waals surface area (Å²) < 4.78 is 5.89. The molecule has 1 saturated heterocycles. The molecule has 2 heterocycles. The van der Waals surface area contributed by atoms with Crippen LogP contribution in [-0.4, -0.2) is 28.3 Å².